The second kappa shape index (κ2) is 7.16. The van der Waals surface area contributed by atoms with Crippen LogP contribution in [-0.2, 0) is 11.2 Å². The molecule has 2 atom stereocenters. The van der Waals surface area contributed by atoms with Gasteiger partial charge >= 0.3 is 0 Å². The van der Waals surface area contributed by atoms with Crippen LogP contribution in [0.3, 0.4) is 0 Å². The van der Waals surface area contributed by atoms with Crippen LogP contribution in [0.25, 0.3) is 0 Å². The topological polar surface area (TPSA) is 45.7 Å². The Morgan fingerprint density at radius 3 is 2.91 bits per heavy atom. The third-order valence-corrected chi connectivity index (χ3v) is 4.68. The van der Waals surface area contributed by atoms with E-state index in [1.165, 1.54) is 17.5 Å². The number of carbonyl (C=O) groups is 1. The fourth-order valence-electron chi connectivity index (χ4n) is 3.25. The third kappa shape index (κ3) is 3.92. The van der Waals surface area contributed by atoms with Crippen LogP contribution in [0.4, 0.5) is 5.69 Å². The average Bonchev–Trinajstić information content (AvgIpc) is 2.55. The lowest BCUT2D eigenvalue weighted by molar-refractivity contribution is -0.714. The highest BCUT2D eigenvalue weighted by atomic mass is 35.5. The highest BCUT2D eigenvalue weighted by Gasteiger charge is 2.27. The number of halogens is 1. The van der Waals surface area contributed by atoms with Gasteiger partial charge in [0.25, 0.3) is 5.91 Å². The van der Waals surface area contributed by atoms with Gasteiger partial charge in [-0.05, 0) is 43.5 Å². The van der Waals surface area contributed by atoms with Gasteiger partial charge in [-0.25, -0.2) is 0 Å². The molecule has 1 aliphatic carbocycles. The number of fused-ring (bicyclic) bond motifs is 1. The van der Waals surface area contributed by atoms with Gasteiger partial charge < -0.3 is 10.6 Å². The van der Waals surface area contributed by atoms with E-state index in [4.69, 9.17) is 11.6 Å². The van der Waals surface area contributed by atoms with Crippen molar-refractivity contribution in [3.8, 4) is 0 Å². The molecule has 0 aromatic heterocycles. The van der Waals surface area contributed by atoms with Crippen LogP contribution in [0.2, 0.25) is 5.02 Å². The lowest BCUT2D eigenvalue weighted by Gasteiger charge is -2.26. The zero-order valence-electron chi connectivity index (χ0n) is 13.3. The Labute approximate surface area is 142 Å². The molecule has 0 heterocycles. The normalized spacial score (nSPS) is 18.1. The molecule has 1 aliphatic rings. The van der Waals surface area contributed by atoms with E-state index in [9.17, 15) is 4.79 Å². The zero-order valence-corrected chi connectivity index (χ0v) is 14.0. The van der Waals surface area contributed by atoms with Gasteiger partial charge in [-0.3, -0.25) is 4.79 Å². The standard InChI is InChI=1S/C19H21ClN2O/c1-13(19(23)22-16-9-5-8-15(20)12-16)21-18-11-4-7-14-6-2-3-10-17(14)18/h2-3,5-6,8-10,12-13,18,21H,4,7,11H2,1H3,(H,22,23)/p+1/t13-,18-/m0/s1. The van der Waals surface area contributed by atoms with Gasteiger partial charge in [-0.2, -0.15) is 0 Å². The quantitative estimate of drug-likeness (QED) is 0.888. The summed E-state index contributed by atoms with van der Waals surface area (Å²) in [6.45, 7) is 1.96. The minimum atomic E-state index is -0.148. The summed E-state index contributed by atoms with van der Waals surface area (Å²) in [6.07, 6.45) is 3.44. The summed E-state index contributed by atoms with van der Waals surface area (Å²) in [5.74, 6) is 0.00956. The molecule has 0 spiro atoms. The summed E-state index contributed by atoms with van der Waals surface area (Å²) in [6, 6.07) is 16.0. The van der Waals surface area contributed by atoms with E-state index in [1.54, 1.807) is 12.1 Å². The van der Waals surface area contributed by atoms with E-state index in [1.807, 2.05) is 19.1 Å². The number of anilines is 1. The van der Waals surface area contributed by atoms with Crippen LogP contribution in [0, 0.1) is 0 Å². The van der Waals surface area contributed by atoms with Crippen molar-refractivity contribution in [3.05, 3.63) is 64.7 Å². The Morgan fingerprint density at radius 1 is 1.26 bits per heavy atom. The smallest absolute Gasteiger partial charge is 0.282 e. The van der Waals surface area contributed by atoms with E-state index in [0.717, 1.165) is 18.5 Å². The number of amides is 1. The van der Waals surface area contributed by atoms with Crippen molar-refractivity contribution in [3.63, 3.8) is 0 Å². The molecule has 0 fully saturated rings. The fraction of sp³-hybridized carbons (Fsp3) is 0.316. The van der Waals surface area contributed by atoms with E-state index in [0.29, 0.717) is 11.1 Å². The first-order valence-corrected chi connectivity index (χ1v) is 8.50. The molecule has 4 heteroatoms. The predicted octanol–water partition coefficient (Wildman–Crippen LogP) is 3.31. The summed E-state index contributed by atoms with van der Waals surface area (Å²) in [4.78, 5) is 12.4. The van der Waals surface area contributed by atoms with Crippen LogP contribution < -0.4 is 10.6 Å². The van der Waals surface area contributed by atoms with Gasteiger partial charge in [0.2, 0.25) is 0 Å². The van der Waals surface area contributed by atoms with Crippen LogP contribution >= 0.6 is 11.6 Å². The number of rotatable bonds is 4. The highest BCUT2D eigenvalue weighted by Crippen LogP contribution is 2.26. The molecule has 0 radical (unpaired) electrons. The molecule has 2 aromatic rings. The van der Waals surface area contributed by atoms with Crippen molar-refractivity contribution in [2.24, 2.45) is 0 Å². The number of hydrogen-bond donors (Lipinski definition) is 2. The number of nitrogens with one attached hydrogen (secondary N) is 1. The number of benzene rings is 2. The molecule has 2 aromatic carbocycles. The molecular weight excluding hydrogens is 308 g/mol. The minimum absolute atomic E-state index is 0.00956. The second-order valence-corrected chi connectivity index (χ2v) is 6.61. The maximum atomic E-state index is 12.4. The van der Waals surface area contributed by atoms with Crippen molar-refractivity contribution in [2.75, 3.05) is 5.32 Å². The monoisotopic (exact) mass is 329 g/mol. The maximum Gasteiger partial charge on any atom is 0.282 e. The van der Waals surface area contributed by atoms with Gasteiger partial charge in [-0.15, -0.1) is 0 Å². The number of quaternary nitrogens is 1. The summed E-state index contributed by atoms with van der Waals surface area (Å²) in [5.41, 5.74) is 3.54. The first-order chi connectivity index (χ1) is 11.1. The van der Waals surface area contributed by atoms with Crippen molar-refractivity contribution in [1.82, 2.24) is 0 Å². The van der Waals surface area contributed by atoms with Gasteiger partial charge in [-0.1, -0.05) is 41.9 Å². The van der Waals surface area contributed by atoms with Crippen LogP contribution in [-0.4, -0.2) is 11.9 Å². The van der Waals surface area contributed by atoms with Crippen molar-refractivity contribution in [1.29, 1.82) is 0 Å². The molecule has 0 saturated carbocycles. The summed E-state index contributed by atoms with van der Waals surface area (Å²) < 4.78 is 0. The van der Waals surface area contributed by atoms with Crippen LogP contribution in [0.1, 0.15) is 36.9 Å². The number of carbonyl (C=O) groups excluding carboxylic acids is 1. The van der Waals surface area contributed by atoms with Crippen molar-refractivity contribution < 1.29 is 10.1 Å². The summed E-state index contributed by atoms with van der Waals surface area (Å²) in [7, 11) is 0. The fourth-order valence-corrected chi connectivity index (χ4v) is 3.44. The van der Waals surface area contributed by atoms with E-state index < -0.39 is 0 Å². The SMILES string of the molecule is C[C@H]([NH2+][C@H]1CCCc2ccccc21)C(=O)Nc1cccc(Cl)c1. The molecule has 3 N–H and O–H groups in total. The molecule has 0 aliphatic heterocycles. The molecule has 23 heavy (non-hydrogen) atoms. The Kier molecular flexibility index (Phi) is 4.99. The van der Waals surface area contributed by atoms with Gasteiger partial charge in [0.05, 0.1) is 0 Å². The highest BCUT2D eigenvalue weighted by molar-refractivity contribution is 6.30. The van der Waals surface area contributed by atoms with Gasteiger partial charge in [0.1, 0.15) is 6.04 Å². The molecule has 3 nitrogen and oxygen atoms in total. The van der Waals surface area contributed by atoms with Gasteiger partial charge in [0.15, 0.2) is 6.04 Å². The number of aryl methyl sites for hydroxylation is 1. The number of nitrogens with two attached hydrogens (primary N) is 1. The van der Waals surface area contributed by atoms with Crippen molar-refractivity contribution in [2.45, 2.75) is 38.3 Å². The van der Waals surface area contributed by atoms with Gasteiger partial charge in [0, 0.05) is 22.7 Å². The Morgan fingerprint density at radius 2 is 2.09 bits per heavy atom. The molecule has 3 rings (SSSR count). The molecule has 0 saturated heterocycles. The average molecular weight is 330 g/mol. The molecule has 120 valence electrons. The maximum absolute atomic E-state index is 12.4. The largest absolute Gasteiger partial charge is 0.330 e. The van der Waals surface area contributed by atoms with E-state index >= 15 is 0 Å². The predicted molar refractivity (Wildman–Crippen MR) is 93.6 cm³/mol. The van der Waals surface area contributed by atoms with Crippen LogP contribution in [0.5, 0.6) is 0 Å². The molecule has 0 bridgehead atoms. The zero-order chi connectivity index (χ0) is 16.2. The Balaban J connectivity index is 1.65. The van der Waals surface area contributed by atoms with E-state index in [-0.39, 0.29) is 11.9 Å². The first kappa shape index (κ1) is 16.0. The molecule has 0 unspecified atom stereocenters. The lowest BCUT2D eigenvalue weighted by Crippen LogP contribution is -2.92. The Hall–Kier alpha value is -1.84. The lowest BCUT2D eigenvalue weighted by atomic mass is 9.87. The summed E-state index contributed by atoms with van der Waals surface area (Å²) in [5, 5.41) is 5.75. The van der Waals surface area contributed by atoms with Crippen molar-refractivity contribution >= 4 is 23.2 Å². The van der Waals surface area contributed by atoms with E-state index in [2.05, 4.69) is 34.9 Å². The third-order valence-electron chi connectivity index (χ3n) is 4.44. The Bertz CT molecular complexity index is 701. The summed E-state index contributed by atoms with van der Waals surface area (Å²) >= 11 is 5.96. The first-order valence-electron chi connectivity index (χ1n) is 8.12. The molecular formula is C19H22ClN2O+. The second-order valence-electron chi connectivity index (χ2n) is 6.18. The minimum Gasteiger partial charge on any atom is -0.330 e. The van der Waals surface area contributed by atoms with Crippen LogP contribution in [0.15, 0.2) is 48.5 Å². The number of hydrogen-bond acceptors (Lipinski definition) is 1. The molecule has 1 amide bonds.